The second-order valence-electron chi connectivity index (χ2n) is 4.38. The summed E-state index contributed by atoms with van der Waals surface area (Å²) in [6, 6.07) is 3.86. The minimum Gasteiger partial charge on any atom is -0.396 e. The van der Waals surface area contributed by atoms with Crippen molar-refractivity contribution in [3.63, 3.8) is 0 Å². The lowest BCUT2D eigenvalue weighted by molar-refractivity contribution is -0.121. The number of nitrogens with two attached hydrogens (primary N) is 1. The Morgan fingerprint density at radius 2 is 2.00 bits per heavy atom. The molecule has 1 rings (SSSR count). The minimum absolute atomic E-state index is 0.0501. The summed E-state index contributed by atoms with van der Waals surface area (Å²) in [6.45, 7) is 3.70. The zero-order valence-corrected chi connectivity index (χ0v) is 10.5. The monoisotopic (exact) mass is 252 g/mol. The Bertz CT molecular complexity index is 458. The first-order valence-corrected chi connectivity index (χ1v) is 5.77. The second-order valence-corrected chi connectivity index (χ2v) is 4.38. The minimum atomic E-state index is -0.552. The van der Waals surface area contributed by atoms with E-state index in [1.54, 1.807) is 0 Å². The van der Waals surface area contributed by atoms with Crippen molar-refractivity contribution < 1.29 is 14.0 Å². The summed E-state index contributed by atoms with van der Waals surface area (Å²) < 4.78 is 12.9. The topological polar surface area (TPSA) is 72.2 Å². The van der Waals surface area contributed by atoms with Crippen LogP contribution < -0.4 is 11.1 Å². The van der Waals surface area contributed by atoms with Crippen LogP contribution in [0.3, 0.4) is 0 Å². The number of halogens is 1. The molecule has 0 heterocycles. The number of ketones is 1. The average Bonchev–Trinajstić information content (AvgIpc) is 2.28. The molecule has 98 valence electrons. The number of carbonyl (C=O) groups excluding carboxylic acids is 2. The first-order valence-electron chi connectivity index (χ1n) is 5.77. The van der Waals surface area contributed by atoms with Crippen molar-refractivity contribution >= 4 is 17.4 Å². The molecule has 0 aliphatic rings. The lowest BCUT2D eigenvalue weighted by Crippen LogP contribution is -2.30. The van der Waals surface area contributed by atoms with Crippen LogP contribution in [-0.4, -0.2) is 17.7 Å². The van der Waals surface area contributed by atoms with Gasteiger partial charge in [0.05, 0.1) is 5.69 Å². The molecule has 5 heteroatoms. The Balaban J connectivity index is 2.55. The van der Waals surface area contributed by atoms with Crippen molar-refractivity contribution in [1.82, 2.24) is 5.32 Å². The number of hydrogen-bond donors (Lipinski definition) is 2. The Kier molecular flexibility index (Phi) is 4.83. The lowest BCUT2D eigenvalue weighted by atomic mass is 10.1. The molecule has 3 N–H and O–H groups in total. The molecule has 18 heavy (non-hydrogen) atoms. The van der Waals surface area contributed by atoms with Crippen LogP contribution in [0.15, 0.2) is 18.2 Å². The molecule has 0 saturated carbocycles. The van der Waals surface area contributed by atoms with Gasteiger partial charge in [0.1, 0.15) is 5.82 Å². The Hall–Kier alpha value is -1.91. The molecule has 4 nitrogen and oxygen atoms in total. The fourth-order valence-electron chi connectivity index (χ4n) is 1.48. The number of amides is 1. The molecule has 0 saturated heterocycles. The van der Waals surface area contributed by atoms with Gasteiger partial charge in [0.15, 0.2) is 5.78 Å². The average molecular weight is 252 g/mol. The third-order valence-electron chi connectivity index (χ3n) is 2.35. The van der Waals surface area contributed by atoms with E-state index in [9.17, 15) is 14.0 Å². The van der Waals surface area contributed by atoms with E-state index in [-0.39, 0.29) is 36.3 Å². The van der Waals surface area contributed by atoms with Crippen LogP contribution in [0.1, 0.15) is 37.0 Å². The molecule has 1 aromatic carbocycles. The number of benzene rings is 1. The summed E-state index contributed by atoms with van der Waals surface area (Å²) in [4.78, 5) is 23.1. The first-order chi connectivity index (χ1) is 8.40. The van der Waals surface area contributed by atoms with Gasteiger partial charge in [-0.3, -0.25) is 9.59 Å². The van der Waals surface area contributed by atoms with Crippen LogP contribution in [0.2, 0.25) is 0 Å². The van der Waals surface area contributed by atoms with Crippen molar-refractivity contribution in [3.05, 3.63) is 29.6 Å². The number of hydrogen-bond acceptors (Lipinski definition) is 3. The maximum Gasteiger partial charge on any atom is 0.220 e. The molecule has 1 aromatic rings. The van der Waals surface area contributed by atoms with E-state index < -0.39 is 5.82 Å². The van der Waals surface area contributed by atoms with Crippen molar-refractivity contribution in [2.24, 2.45) is 0 Å². The van der Waals surface area contributed by atoms with Crippen LogP contribution in [0.25, 0.3) is 0 Å². The standard InChI is InChI=1S/C13H17FN2O2/c1-8(2)16-13(18)6-5-12(17)9-3-4-10(14)11(15)7-9/h3-4,7-8H,5-6,15H2,1-2H3,(H,16,18). The van der Waals surface area contributed by atoms with Gasteiger partial charge in [0, 0.05) is 24.4 Å². The maximum absolute atomic E-state index is 12.9. The predicted octanol–water partition coefficient (Wildman–Crippen LogP) is 1.90. The molecule has 1 amide bonds. The third kappa shape index (κ3) is 4.16. The highest BCUT2D eigenvalue weighted by Gasteiger charge is 2.11. The number of anilines is 1. The zero-order valence-electron chi connectivity index (χ0n) is 10.5. The van der Waals surface area contributed by atoms with Gasteiger partial charge in [-0.1, -0.05) is 0 Å². The predicted molar refractivity (Wildman–Crippen MR) is 67.7 cm³/mol. The van der Waals surface area contributed by atoms with E-state index in [0.29, 0.717) is 5.56 Å². The molecule has 0 radical (unpaired) electrons. The van der Waals surface area contributed by atoms with E-state index in [4.69, 9.17) is 5.73 Å². The van der Waals surface area contributed by atoms with Crippen molar-refractivity contribution in [2.45, 2.75) is 32.7 Å². The highest BCUT2D eigenvalue weighted by molar-refractivity contribution is 5.98. The van der Waals surface area contributed by atoms with Gasteiger partial charge in [-0.15, -0.1) is 0 Å². The quantitative estimate of drug-likeness (QED) is 0.621. The summed E-state index contributed by atoms with van der Waals surface area (Å²) in [5.41, 5.74) is 5.64. The highest BCUT2D eigenvalue weighted by Crippen LogP contribution is 2.14. The number of nitrogens with one attached hydrogen (secondary N) is 1. The Morgan fingerprint density at radius 3 is 2.56 bits per heavy atom. The highest BCUT2D eigenvalue weighted by atomic mass is 19.1. The van der Waals surface area contributed by atoms with Gasteiger partial charge in [-0.25, -0.2) is 4.39 Å². The van der Waals surface area contributed by atoms with E-state index in [1.165, 1.54) is 12.1 Å². The fraction of sp³-hybridized carbons (Fsp3) is 0.385. The first kappa shape index (κ1) is 14.2. The van der Waals surface area contributed by atoms with E-state index in [2.05, 4.69) is 5.32 Å². The van der Waals surface area contributed by atoms with Crippen LogP contribution in [0.5, 0.6) is 0 Å². The molecule has 0 aliphatic carbocycles. The van der Waals surface area contributed by atoms with E-state index in [1.807, 2.05) is 13.8 Å². The van der Waals surface area contributed by atoms with Gasteiger partial charge < -0.3 is 11.1 Å². The second kappa shape index (κ2) is 6.14. The Labute approximate surface area is 105 Å². The Morgan fingerprint density at radius 1 is 1.33 bits per heavy atom. The summed E-state index contributed by atoms with van der Waals surface area (Å²) in [7, 11) is 0. The van der Waals surface area contributed by atoms with Crippen molar-refractivity contribution in [2.75, 3.05) is 5.73 Å². The molecule has 0 fully saturated rings. The van der Waals surface area contributed by atoms with Crippen LogP contribution >= 0.6 is 0 Å². The molecule has 0 bridgehead atoms. The third-order valence-corrected chi connectivity index (χ3v) is 2.35. The van der Waals surface area contributed by atoms with Crippen molar-refractivity contribution in [1.29, 1.82) is 0 Å². The molecule has 0 unspecified atom stereocenters. The van der Waals surface area contributed by atoms with Crippen LogP contribution in [-0.2, 0) is 4.79 Å². The number of Topliss-reactive ketones (excluding diaryl/α,β-unsaturated/α-hetero) is 1. The van der Waals surface area contributed by atoms with Gasteiger partial charge >= 0.3 is 0 Å². The number of nitrogen functional groups attached to an aromatic ring is 1. The molecule has 0 atom stereocenters. The maximum atomic E-state index is 12.9. The largest absolute Gasteiger partial charge is 0.396 e. The lowest BCUT2D eigenvalue weighted by Gasteiger charge is -2.07. The zero-order chi connectivity index (χ0) is 13.7. The van der Waals surface area contributed by atoms with Gasteiger partial charge in [0.2, 0.25) is 5.91 Å². The fourth-order valence-corrected chi connectivity index (χ4v) is 1.48. The van der Waals surface area contributed by atoms with Crippen molar-refractivity contribution in [3.8, 4) is 0 Å². The van der Waals surface area contributed by atoms with Gasteiger partial charge in [0.25, 0.3) is 0 Å². The summed E-state index contributed by atoms with van der Waals surface area (Å²) in [5.74, 6) is -0.946. The molecule has 0 aliphatic heterocycles. The SMILES string of the molecule is CC(C)NC(=O)CCC(=O)c1ccc(F)c(N)c1. The molecular formula is C13H17FN2O2. The summed E-state index contributed by atoms with van der Waals surface area (Å²) >= 11 is 0. The molecule has 0 spiro atoms. The van der Waals surface area contributed by atoms with Crippen LogP contribution in [0.4, 0.5) is 10.1 Å². The number of rotatable bonds is 5. The van der Waals surface area contributed by atoms with E-state index in [0.717, 1.165) is 6.07 Å². The van der Waals surface area contributed by atoms with Gasteiger partial charge in [-0.2, -0.15) is 0 Å². The van der Waals surface area contributed by atoms with Gasteiger partial charge in [-0.05, 0) is 32.0 Å². The summed E-state index contributed by atoms with van der Waals surface area (Å²) in [6.07, 6.45) is 0.206. The normalized spacial score (nSPS) is 10.4. The van der Waals surface area contributed by atoms with E-state index >= 15 is 0 Å². The molecule has 0 aromatic heterocycles. The summed E-state index contributed by atoms with van der Waals surface area (Å²) in [5, 5.41) is 2.69. The smallest absolute Gasteiger partial charge is 0.220 e. The van der Waals surface area contributed by atoms with Crippen LogP contribution in [0, 0.1) is 5.82 Å². The molecular weight excluding hydrogens is 235 g/mol. The number of carbonyl (C=O) groups is 2.